The molecule has 3 rings (SSSR count). The van der Waals surface area contributed by atoms with Gasteiger partial charge >= 0.3 is 0 Å². The van der Waals surface area contributed by atoms with Crippen molar-refractivity contribution in [1.82, 2.24) is 10.3 Å². The number of rotatable bonds is 5. The van der Waals surface area contributed by atoms with E-state index in [1.54, 1.807) is 6.07 Å². The number of benzene rings is 1. The van der Waals surface area contributed by atoms with Gasteiger partial charge in [-0.1, -0.05) is 11.6 Å². The number of aromatic amines is 1. The fourth-order valence-corrected chi connectivity index (χ4v) is 3.32. The van der Waals surface area contributed by atoms with E-state index >= 15 is 0 Å². The van der Waals surface area contributed by atoms with E-state index in [-0.39, 0.29) is 16.5 Å². The molecule has 2 N–H and O–H groups in total. The zero-order chi connectivity index (χ0) is 18.5. The quantitative estimate of drug-likeness (QED) is 0.841. The average Bonchev–Trinajstić information content (AvgIpc) is 2.65. The number of nitrogens with one attached hydrogen (secondary N) is 2. The van der Waals surface area contributed by atoms with Crippen LogP contribution >= 0.6 is 11.6 Å². The highest BCUT2D eigenvalue weighted by atomic mass is 35.5. The van der Waals surface area contributed by atoms with E-state index in [9.17, 15) is 14.0 Å². The lowest BCUT2D eigenvalue weighted by Gasteiger charge is -2.33. The Labute approximate surface area is 156 Å². The van der Waals surface area contributed by atoms with Crippen molar-refractivity contribution in [2.75, 3.05) is 24.5 Å². The Bertz CT molecular complexity index is 811. The van der Waals surface area contributed by atoms with Crippen molar-refractivity contribution in [2.45, 2.75) is 19.3 Å². The Morgan fingerprint density at radius 2 is 2.04 bits per heavy atom. The molecule has 0 atom stereocenters. The molecule has 1 aliphatic heterocycles. The predicted octanol–water partition coefficient (Wildman–Crippen LogP) is 3.20. The largest absolute Gasteiger partial charge is 0.371 e. The lowest BCUT2D eigenvalue weighted by Crippen LogP contribution is -2.35. The lowest BCUT2D eigenvalue weighted by atomic mass is 9.93. The Morgan fingerprint density at radius 3 is 2.69 bits per heavy atom. The van der Waals surface area contributed by atoms with Crippen LogP contribution in [0.5, 0.6) is 0 Å². The summed E-state index contributed by atoms with van der Waals surface area (Å²) in [6.07, 6.45) is 4.32. The second-order valence-corrected chi connectivity index (χ2v) is 6.92. The van der Waals surface area contributed by atoms with Crippen molar-refractivity contribution in [3.05, 3.63) is 63.3 Å². The van der Waals surface area contributed by atoms with E-state index in [0.29, 0.717) is 18.0 Å². The maximum atomic E-state index is 13.6. The SMILES string of the molecule is O=C(NCCC1CCN(c2ccc(Cl)c(F)c2)CC1)c1ccc(=O)[nH]c1. The molecule has 138 valence electrons. The van der Waals surface area contributed by atoms with E-state index in [1.165, 1.54) is 24.4 Å². The first-order valence-electron chi connectivity index (χ1n) is 8.70. The van der Waals surface area contributed by atoms with E-state index in [0.717, 1.165) is 38.0 Å². The van der Waals surface area contributed by atoms with Crippen molar-refractivity contribution in [3.63, 3.8) is 0 Å². The van der Waals surface area contributed by atoms with E-state index < -0.39 is 5.82 Å². The van der Waals surface area contributed by atoms with Crippen LogP contribution in [0.3, 0.4) is 0 Å². The third kappa shape index (κ3) is 4.64. The molecular weight excluding hydrogens is 357 g/mol. The minimum Gasteiger partial charge on any atom is -0.371 e. The molecule has 0 unspecified atom stereocenters. The number of carbonyl (C=O) groups excluding carboxylic acids is 1. The van der Waals surface area contributed by atoms with Crippen LogP contribution in [0, 0.1) is 11.7 Å². The van der Waals surface area contributed by atoms with Crippen LogP contribution in [-0.4, -0.2) is 30.5 Å². The van der Waals surface area contributed by atoms with Gasteiger partial charge in [-0.15, -0.1) is 0 Å². The summed E-state index contributed by atoms with van der Waals surface area (Å²) < 4.78 is 13.6. The maximum absolute atomic E-state index is 13.6. The van der Waals surface area contributed by atoms with Crippen LogP contribution in [0.4, 0.5) is 10.1 Å². The topological polar surface area (TPSA) is 65.2 Å². The van der Waals surface area contributed by atoms with Crippen LogP contribution in [0.15, 0.2) is 41.3 Å². The van der Waals surface area contributed by atoms with Gasteiger partial charge in [0.15, 0.2) is 0 Å². The first-order valence-corrected chi connectivity index (χ1v) is 9.07. The van der Waals surface area contributed by atoms with Crippen molar-refractivity contribution in [3.8, 4) is 0 Å². The summed E-state index contributed by atoms with van der Waals surface area (Å²) in [5.74, 6) is -0.0501. The number of anilines is 1. The number of pyridine rings is 1. The van der Waals surface area contributed by atoms with Gasteiger partial charge in [-0.05, 0) is 49.4 Å². The molecule has 5 nitrogen and oxygen atoms in total. The zero-order valence-electron chi connectivity index (χ0n) is 14.3. The molecule has 0 radical (unpaired) electrons. The fraction of sp³-hybridized carbons (Fsp3) is 0.368. The Morgan fingerprint density at radius 1 is 1.27 bits per heavy atom. The third-order valence-corrected chi connectivity index (χ3v) is 5.07. The second-order valence-electron chi connectivity index (χ2n) is 6.52. The highest BCUT2D eigenvalue weighted by Gasteiger charge is 2.20. The number of hydrogen-bond acceptors (Lipinski definition) is 3. The number of H-pyrrole nitrogens is 1. The first kappa shape index (κ1) is 18.5. The summed E-state index contributed by atoms with van der Waals surface area (Å²) in [5.41, 5.74) is 1.08. The summed E-state index contributed by atoms with van der Waals surface area (Å²) in [5, 5.41) is 3.02. The summed E-state index contributed by atoms with van der Waals surface area (Å²) >= 11 is 5.73. The van der Waals surface area contributed by atoms with Gasteiger partial charge in [0.05, 0.1) is 10.6 Å². The molecule has 0 saturated carbocycles. The molecule has 0 aliphatic carbocycles. The highest BCUT2D eigenvalue weighted by molar-refractivity contribution is 6.30. The standard InChI is InChI=1S/C19H21ClFN3O2/c20-16-3-2-15(11-17(16)21)24-9-6-13(7-10-24)5-8-22-19(26)14-1-4-18(25)23-12-14/h1-4,11-13H,5-10H2,(H,22,26)(H,23,25). The molecule has 2 aromatic rings. The molecule has 1 saturated heterocycles. The molecule has 0 spiro atoms. The van der Waals surface area contributed by atoms with Crippen molar-refractivity contribution >= 4 is 23.2 Å². The summed E-state index contributed by atoms with van der Waals surface area (Å²) in [6, 6.07) is 7.76. The van der Waals surface area contributed by atoms with Crippen LogP contribution in [-0.2, 0) is 0 Å². The third-order valence-electron chi connectivity index (χ3n) is 4.77. The molecule has 0 bridgehead atoms. The number of amides is 1. The van der Waals surface area contributed by atoms with Gasteiger partial charge in [-0.3, -0.25) is 9.59 Å². The molecule has 26 heavy (non-hydrogen) atoms. The molecule has 1 amide bonds. The normalized spacial score (nSPS) is 15.1. The summed E-state index contributed by atoms with van der Waals surface area (Å²) in [4.78, 5) is 27.7. The van der Waals surface area contributed by atoms with Gasteiger partial charge in [-0.25, -0.2) is 4.39 Å². The van der Waals surface area contributed by atoms with Gasteiger partial charge in [0, 0.05) is 37.6 Å². The molecular formula is C19H21ClFN3O2. The predicted molar refractivity (Wildman–Crippen MR) is 100 cm³/mol. The fourth-order valence-electron chi connectivity index (χ4n) is 3.21. The van der Waals surface area contributed by atoms with Crippen LogP contribution in [0.2, 0.25) is 5.02 Å². The van der Waals surface area contributed by atoms with E-state index in [1.807, 2.05) is 6.07 Å². The monoisotopic (exact) mass is 377 g/mol. The molecule has 2 heterocycles. The number of piperidine rings is 1. The molecule has 1 aromatic heterocycles. The van der Waals surface area contributed by atoms with Crippen molar-refractivity contribution in [1.29, 1.82) is 0 Å². The van der Waals surface area contributed by atoms with Gasteiger partial charge < -0.3 is 15.2 Å². The van der Waals surface area contributed by atoms with E-state index in [2.05, 4.69) is 15.2 Å². The minimum atomic E-state index is -0.392. The molecule has 7 heteroatoms. The number of nitrogens with zero attached hydrogens (tertiary/aromatic N) is 1. The van der Waals surface area contributed by atoms with Gasteiger partial charge in [0.25, 0.3) is 5.91 Å². The maximum Gasteiger partial charge on any atom is 0.252 e. The lowest BCUT2D eigenvalue weighted by molar-refractivity contribution is 0.0950. The number of aromatic nitrogens is 1. The Kier molecular flexibility index (Phi) is 5.93. The van der Waals surface area contributed by atoms with Crippen molar-refractivity contribution < 1.29 is 9.18 Å². The number of halogens is 2. The number of carbonyl (C=O) groups is 1. The molecule has 1 aromatic carbocycles. The summed E-state index contributed by atoms with van der Waals surface area (Å²) in [7, 11) is 0. The molecule has 1 aliphatic rings. The number of hydrogen-bond donors (Lipinski definition) is 2. The Balaban J connectivity index is 1.42. The smallest absolute Gasteiger partial charge is 0.252 e. The summed E-state index contributed by atoms with van der Waals surface area (Å²) in [6.45, 7) is 2.32. The van der Waals surface area contributed by atoms with Crippen LogP contribution in [0.25, 0.3) is 0 Å². The van der Waals surface area contributed by atoms with Gasteiger partial charge in [0.2, 0.25) is 5.56 Å². The minimum absolute atomic E-state index is 0.141. The Hall–Kier alpha value is -2.34. The van der Waals surface area contributed by atoms with E-state index in [4.69, 9.17) is 11.6 Å². The van der Waals surface area contributed by atoms with Gasteiger partial charge in [-0.2, -0.15) is 0 Å². The van der Waals surface area contributed by atoms with Crippen LogP contribution < -0.4 is 15.8 Å². The molecule has 1 fully saturated rings. The second kappa shape index (κ2) is 8.36. The average molecular weight is 378 g/mol. The van der Waals surface area contributed by atoms with Crippen LogP contribution in [0.1, 0.15) is 29.6 Å². The zero-order valence-corrected chi connectivity index (χ0v) is 15.1. The van der Waals surface area contributed by atoms with Gasteiger partial charge in [0.1, 0.15) is 5.82 Å². The highest BCUT2D eigenvalue weighted by Crippen LogP contribution is 2.27. The first-order chi connectivity index (χ1) is 12.5. The van der Waals surface area contributed by atoms with Crippen molar-refractivity contribution in [2.24, 2.45) is 5.92 Å².